The Morgan fingerprint density at radius 3 is 2.29 bits per heavy atom. The van der Waals surface area contributed by atoms with E-state index in [1.54, 1.807) is 0 Å². The molecule has 0 heterocycles. The second-order valence-corrected chi connectivity index (χ2v) is 9.18. The summed E-state index contributed by atoms with van der Waals surface area (Å²) in [5, 5.41) is 0. The average Bonchev–Trinajstić information content (AvgIpc) is 2.03. The number of hydrogen-bond acceptors (Lipinski definition) is 2. The van der Waals surface area contributed by atoms with Gasteiger partial charge in [-0.05, 0) is 52.6 Å². The molecule has 0 radical (unpaired) electrons. The van der Waals surface area contributed by atoms with Gasteiger partial charge in [-0.3, -0.25) is 0 Å². The molecule has 0 aromatic heterocycles. The third kappa shape index (κ3) is 8.72. The fourth-order valence-corrected chi connectivity index (χ4v) is 3.24. The lowest BCUT2D eigenvalue weighted by molar-refractivity contribution is 0.295. The highest BCUT2D eigenvalue weighted by Gasteiger charge is 2.21. The molecule has 86 valence electrons. The van der Waals surface area contributed by atoms with Gasteiger partial charge in [0.1, 0.15) is 0 Å². The number of hydrogen-bond donors (Lipinski definition) is 0. The van der Waals surface area contributed by atoms with Gasteiger partial charge in [0.25, 0.3) is 0 Å². The van der Waals surface area contributed by atoms with Crippen molar-refractivity contribution in [3.63, 3.8) is 0 Å². The molecule has 0 amide bonds. The van der Waals surface area contributed by atoms with E-state index in [-0.39, 0.29) is 0 Å². The van der Waals surface area contributed by atoms with Crippen molar-refractivity contribution in [3.05, 3.63) is 0 Å². The van der Waals surface area contributed by atoms with Crippen LogP contribution in [0.25, 0.3) is 0 Å². The van der Waals surface area contributed by atoms with E-state index in [1.165, 1.54) is 31.9 Å². The van der Waals surface area contributed by atoms with Crippen LogP contribution in [0.4, 0.5) is 0 Å². The van der Waals surface area contributed by atoms with E-state index in [4.69, 9.17) is 4.43 Å². The Kier molecular flexibility index (Phi) is 7.50. The molecule has 0 N–H and O–H groups in total. The van der Waals surface area contributed by atoms with Gasteiger partial charge in [0.15, 0.2) is 8.32 Å². The van der Waals surface area contributed by atoms with Crippen molar-refractivity contribution in [2.24, 2.45) is 0 Å². The van der Waals surface area contributed by atoms with Crippen LogP contribution in [0.15, 0.2) is 0 Å². The van der Waals surface area contributed by atoms with E-state index in [9.17, 15) is 0 Å². The van der Waals surface area contributed by atoms with E-state index in [0.717, 1.165) is 6.61 Å². The van der Waals surface area contributed by atoms with Crippen LogP contribution in [0.1, 0.15) is 26.2 Å². The Hall–Kier alpha value is 0.137. The molecule has 0 fully saturated rings. The normalized spacial score (nSPS) is 12.4. The molecule has 0 atom stereocenters. The van der Waals surface area contributed by atoms with Crippen LogP contribution < -0.4 is 0 Å². The summed E-state index contributed by atoms with van der Waals surface area (Å²) in [5.41, 5.74) is 0. The molecule has 0 aliphatic rings. The Morgan fingerprint density at radius 1 is 1.14 bits per heavy atom. The molecule has 14 heavy (non-hydrogen) atoms. The van der Waals surface area contributed by atoms with Crippen molar-refractivity contribution in [2.75, 3.05) is 27.2 Å². The largest absolute Gasteiger partial charge is 0.417 e. The topological polar surface area (TPSA) is 12.5 Å². The maximum atomic E-state index is 5.97. The molecule has 0 aromatic rings. The summed E-state index contributed by atoms with van der Waals surface area (Å²) in [7, 11) is 2.93. The first-order valence-corrected chi connectivity index (χ1v) is 8.88. The quantitative estimate of drug-likeness (QED) is 0.458. The Morgan fingerprint density at radius 2 is 1.79 bits per heavy atom. The maximum Gasteiger partial charge on any atom is 0.186 e. The summed E-state index contributed by atoms with van der Waals surface area (Å²) in [6, 6.07) is 1.29. The highest BCUT2D eigenvalue weighted by Crippen LogP contribution is 2.14. The van der Waals surface area contributed by atoms with E-state index >= 15 is 0 Å². The van der Waals surface area contributed by atoms with Gasteiger partial charge in [-0.2, -0.15) is 0 Å². The van der Waals surface area contributed by atoms with Crippen LogP contribution in [0.3, 0.4) is 0 Å². The first-order chi connectivity index (χ1) is 6.48. The fraction of sp³-hybridized carbons (Fsp3) is 1.00. The molecular weight excluding hydrogens is 190 g/mol. The van der Waals surface area contributed by atoms with Gasteiger partial charge in [0, 0.05) is 6.61 Å². The molecule has 3 heteroatoms. The predicted molar refractivity (Wildman–Crippen MR) is 66.3 cm³/mol. The van der Waals surface area contributed by atoms with Gasteiger partial charge in [0.05, 0.1) is 0 Å². The van der Waals surface area contributed by atoms with Crippen LogP contribution in [0.2, 0.25) is 19.1 Å². The lowest BCUT2D eigenvalue weighted by Crippen LogP contribution is -2.31. The number of rotatable bonds is 8. The molecule has 0 saturated heterocycles. The predicted octanol–water partition coefficient (Wildman–Crippen LogP) is 2.96. The number of nitrogens with zero attached hydrogens (tertiary/aromatic N) is 1. The second-order valence-electron chi connectivity index (χ2n) is 4.87. The van der Waals surface area contributed by atoms with Gasteiger partial charge in [0.2, 0.25) is 0 Å². The van der Waals surface area contributed by atoms with Crippen molar-refractivity contribution in [3.8, 4) is 0 Å². The van der Waals surface area contributed by atoms with E-state index in [1.807, 2.05) is 0 Å². The van der Waals surface area contributed by atoms with Gasteiger partial charge in [-0.25, -0.2) is 0 Å². The molecule has 0 saturated carbocycles. The van der Waals surface area contributed by atoms with Gasteiger partial charge in [-0.1, -0.05) is 13.3 Å². The summed E-state index contributed by atoms with van der Waals surface area (Å²) >= 11 is 0. The van der Waals surface area contributed by atoms with Crippen LogP contribution >= 0.6 is 0 Å². The van der Waals surface area contributed by atoms with E-state index in [2.05, 4.69) is 39.0 Å². The minimum absolute atomic E-state index is 0.970. The summed E-state index contributed by atoms with van der Waals surface area (Å²) < 4.78 is 5.97. The summed E-state index contributed by atoms with van der Waals surface area (Å²) in [6.45, 7) is 9.03. The lowest BCUT2D eigenvalue weighted by Gasteiger charge is -2.23. The molecule has 0 unspecified atom stereocenters. The highest BCUT2D eigenvalue weighted by molar-refractivity contribution is 6.71. The van der Waals surface area contributed by atoms with Crippen LogP contribution in [0.5, 0.6) is 0 Å². The van der Waals surface area contributed by atoms with E-state index in [0.29, 0.717) is 0 Å². The molecule has 0 aliphatic carbocycles. The van der Waals surface area contributed by atoms with Gasteiger partial charge < -0.3 is 9.33 Å². The summed E-state index contributed by atoms with van der Waals surface area (Å²) in [4.78, 5) is 2.25. The maximum absolute atomic E-state index is 5.97. The zero-order chi connectivity index (χ0) is 11.0. The zero-order valence-corrected chi connectivity index (χ0v) is 11.6. The highest BCUT2D eigenvalue weighted by atomic mass is 28.4. The zero-order valence-electron chi connectivity index (χ0n) is 10.6. The van der Waals surface area contributed by atoms with E-state index < -0.39 is 8.32 Å². The standard InChI is InChI=1S/C11H27NOSi/c1-6-7-10-13-14(4,5)11-8-9-12(2)3/h6-11H2,1-5H3. The number of unbranched alkanes of at least 4 members (excludes halogenated alkanes) is 1. The minimum Gasteiger partial charge on any atom is -0.417 e. The molecule has 0 aliphatic heterocycles. The molecular formula is C11H27NOSi. The Bertz CT molecular complexity index is 137. The SMILES string of the molecule is CCCCO[Si](C)(C)CCCN(C)C. The van der Waals surface area contributed by atoms with Gasteiger partial charge in [-0.15, -0.1) is 0 Å². The van der Waals surface area contributed by atoms with Crippen molar-refractivity contribution < 1.29 is 4.43 Å². The third-order valence-corrected chi connectivity index (χ3v) is 4.92. The van der Waals surface area contributed by atoms with Crippen molar-refractivity contribution in [1.29, 1.82) is 0 Å². The molecule has 0 aromatic carbocycles. The smallest absolute Gasteiger partial charge is 0.186 e. The molecule has 0 spiro atoms. The van der Waals surface area contributed by atoms with Crippen LogP contribution in [0, 0.1) is 0 Å². The monoisotopic (exact) mass is 217 g/mol. The van der Waals surface area contributed by atoms with Crippen molar-refractivity contribution in [1.82, 2.24) is 4.90 Å². The van der Waals surface area contributed by atoms with Crippen molar-refractivity contribution >= 4 is 8.32 Å². The van der Waals surface area contributed by atoms with Crippen LogP contribution in [-0.2, 0) is 4.43 Å². The minimum atomic E-state index is -1.33. The first kappa shape index (κ1) is 14.1. The molecule has 0 bridgehead atoms. The second kappa shape index (κ2) is 7.43. The third-order valence-electron chi connectivity index (χ3n) is 2.37. The first-order valence-electron chi connectivity index (χ1n) is 5.76. The Labute approximate surface area is 90.8 Å². The molecule has 2 nitrogen and oxygen atoms in total. The fourth-order valence-electron chi connectivity index (χ4n) is 1.39. The van der Waals surface area contributed by atoms with Gasteiger partial charge >= 0.3 is 0 Å². The summed E-state index contributed by atoms with van der Waals surface area (Å²) in [6.07, 6.45) is 3.73. The Balaban J connectivity index is 3.50. The summed E-state index contributed by atoms with van der Waals surface area (Å²) in [5.74, 6) is 0. The van der Waals surface area contributed by atoms with Crippen LogP contribution in [-0.4, -0.2) is 40.5 Å². The lowest BCUT2D eigenvalue weighted by atomic mass is 10.4. The van der Waals surface area contributed by atoms with Crippen molar-refractivity contribution in [2.45, 2.75) is 45.3 Å². The average molecular weight is 217 g/mol. The molecule has 0 rings (SSSR count).